The molecule has 3 aliphatic rings. The van der Waals surface area contributed by atoms with E-state index in [1.54, 1.807) is 18.2 Å². The van der Waals surface area contributed by atoms with Crippen LogP contribution in [0, 0.1) is 5.92 Å². The summed E-state index contributed by atoms with van der Waals surface area (Å²) in [7, 11) is -3.93. The van der Waals surface area contributed by atoms with Crippen molar-refractivity contribution in [1.82, 2.24) is 14.2 Å². The first-order valence-corrected chi connectivity index (χ1v) is 13.7. The van der Waals surface area contributed by atoms with E-state index in [0.717, 1.165) is 38.8 Å². The smallest absolute Gasteiger partial charge is 0.266 e. The molecule has 186 valence electrons. The Morgan fingerprint density at radius 2 is 2.03 bits per heavy atom. The molecule has 3 atom stereocenters. The van der Waals surface area contributed by atoms with E-state index in [1.807, 2.05) is 6.92 Å². The van der Waals surface area contributed by atoms with E-state index < -0.39 is 15.9 Å². The lowest BCUT2D eigenvalue weighted by Gasteiger charge is -2.41. The van der Waals surface area contributed by atoms with Crippen LogP contribution in [-0.4, -0.2) is 79.7 Å². The van der Waals surface area contributed by atoms with E-state index in [-0.39, 0.29) is 23.0 Å². The van der Waals surface area contributed by atoms with Gasteiger partial charge in [0, 0.05) is 54.1 Å². The Kier molecular flexibility index (Phi) is 6.64. The van der Waals surface area contributed by atoms with Crippen LogP contribution in [0.25, 0.3) is 10.9 Å². The minimum Gasteiger partial charge on any atom is -0.364 e. The number of halogens is 1. The molecule has 4 heterocycles. The lowest BCUT2D eigenvalue weighted by molar-refractivity contribution is 0.0591. The topological polar surface area (TPSA) is 121 Å². The molecule has 9 nitrogen and oxygen atoms in total. The highest BCUT2D eigenvalue weighted by Gasteiger charge is 2.47. The first kappa shape index (κ1) is 24.0. The number of nitrogens with two attached hydrogens (primary N) is 1. The van der Waals surface area contributed by atoms with Crippen molar-refractivity contribution in [2.75, 3.05) is 32.8 Å². The van der Waals surface area contributed by atoms with E-state index in [0.29, 0.717) is 47.6 Å². The number of aromatic amines is 1. The van der Waals surface area contributed by atoms with Crippen LogP contribution in [0.5, 0.6) is 0 Å². The van der Waals surface area contributed by atoms with Crippen LogP contribution >= 0.6 is 11.6 Å². The highest BCUT2D eigenvalue weighted by atomic mass is 35.5. The largest absolute Gasteiger partial charge is 0.364 e. The Hall–Kier alpha value is -1.69. The van der Waals surface area contributed by atoms with Gasteiger partial charge in [0.25, 0.3) is 5.91 Å². The second kappa shape index (κ2) is 9.40. The summed E-state index contributed by atoms with van der Waals surface area (Å²) in [6.07, 6.45) is 3.84. The predicted molar refractivity (Wildman–Crippen MR) is 128 cm³/mol. The second-order valence-electron chi connectivity index (χ2n) is 9.34. The number of benzene rings is 1. The van der Waals surface area contributed by atoms with Crippen LogP contribution < -0.4 is 5.73 Å². The SMILES string of the molecule is CCOC1OC1C1CCCN(C2CCN(S(=O)(=O)c3c(C(N)=O)[nH]c4ccc(Cl)cc34)CC2)C1. The van der Waals surface area contributed by atoms with Crippen molar-refractivity contribution >= 4 is 38.4 Å². The quantitative estimate of drug-likeness (QED) is 0.552. The first-order chi connectivity index (χ1) is 16.3. The summed E-state index contributed by atoms with van der Waals surface area (Å²) in [5.41, 5.74) is 5.93. The number of rotatable bonds is 7. The Balaban J connectivity index is 1.29. The average molecular weight is 511 g/mol. The molecule has 0 spiro atoms. The number of primary amides is 1. The summed E-state index contributed by atoms with van der Waals surface area (Å²) in [5, 5.41) is 0.777. The van der Waals surface area contributed by atoms with Gasteiger partial charge < -0.3 is 20.2 Å². The molecule has 1 aromatic carbocycles. The monoisotopic (exact) mass is 510 g/mol. The van der Waals surface area contributed by atoms with Gasteiger partial charge in [-0.05, 0) is 57.4 Å². The molecule has 1 aromatic heterocycles. The number of ether oxygens (including phenoxy) is 2. The predicted octanol–water partition coefficient (Wildman–Crippen LogP) is 2.55. The summed E-state index contributed by atoms with van der Waals surface area (Å²) in [5.74, 6) is -0.353. The number of carbonyl (C=O) groups is 1. The van der Waals surface area contributed by atoms with Crippen molar-refractivity contribution in [2.45, 2.75) is 55.9 Å². The van der Waals surface area contributed by atoms with Gasteiger partial charge in [-0.2, -0.15) is 4.31 Å². The van der Waals surface area contributed by atoms with Gasteiger partial charge in [-0.15, -0.1) is 0 Å². The normalized spacial score (nSPS) is 27.3. The fourth-order valence-electron chi connectivity index (χ4n) is 5.54. The van der Waals surface area contributed by atoms with Crippen molar-refractivity contribution in [3.05, 3.63) is 28.9 Å². The number of fused-ring (bicyclic) bond motifs is 1. The number of hydrogen-bond donors (Lipinski definition) is 2. The number of aromatic nitrogens is 1. The molecule has 0 bridgehead atoms. The standard InChI is InChI=1S/C23H31ClN4O5S/c1-2-32-23-20(33-23)14-4-3-9-27(13-14)16-7-10-28(11-8-16)34(30,31)21-17-12-15(24)5-6-18(17)26-19(21)22(25)29/h5-6,12,14,16,20,23,26H,2-4,7-11,13H2,1H3,(H2,25,29). The fourth-order valence-corrected chi connectivity index (χ4v) is 7.52. The van der Waals surface area contributed by atoms with Crippen LogP contribution in [0.15, 0.2) is 23.1 Å². The molecule has 11 heteroatoms. The van der Waals surface area contributed by atoms with E-state index in [1.165, 1.54) is 4.31 Å². The molecule has 0 saturated carbocycles. The zero-order chi connectivity index (χ0) is 24.0. The molecular weight excluding hydrogens is 480 g/mol. The number of epoxide rings is 1. The highest BCUT2D eigenvalue weighted by molar-refractivity contribution is 7.89. The lowest BCUT2D eigenvalue weighted by atomic mass is 9.92. The summed E-state index contributed by atoms with van der Waals surface area (Å²) >= 11 is 6.12. The average Bonchev–Trinajstić information content (AvgIpc) is 3.48. The van der Waals surface area contributed by atoms with Crippen LogP contribution in [0.4, 0.5) is 0 Å². The van der Waals surface area contributed by atoms with Gasteiger partial charge in [0.15, 0.2) is 6.29 Å². The number of likely N-dealkylation sites (tertiary alicyclic amines) is 1. The third kappa shape index (κ3) is 4.47. The zero-order valence-corrected chi connectivity index (χ0v) is 20.8. The van der Waals surface area contributed by atoms with Gasteiger partial charge in [-0.25, -0.2) is 8.42 Å². The minimum absolute atomic E-state index is 0.0638. The Morgan fingerprint density at radius 3 is 2.74 bits per heavy atom. The van der Waals surface area contributed by atoms with Gasteiger partial charge >= 0.3 is 0 Å². The van der Waals surface area contributed by atoms with Gasteiger partial charge in [0.2, 0.25) is 10.0 Å². The summed E-state index contributed by atoms with van der Waals surface area (Å²) in [4.78, 5) is 17.3. The van der Waals surface area contributed by atoms with E-state index in [2.05, 4.69) is 9.88 Å². The molecule has 5 rings (SSSR count). The lowest BCUT2D eigenvalue weighted by Crippen LogP contribution is -2.50. The molecule has 2 aromatic rings. The molecule has 3 aliphatic heterocycles. The summed E-state index contributed by atoms with van der Waals surface area (Å²) in [6, 6.07) is 5.18. The summed E-state index contributed by atoms with van der Waals surface area (Å²) < 4.78 is 40.1. The number of H-pyrrole nitrogens is 1. The maximum atomic E-state index is 13.6. The Labute approximate surface area is 204 Å². The molecular formula is C23H31ClN4O5S. The Bertz CT molecular complexity index is 1180. The number of hydrogen-bond acceptors (Lipinski definition) is 6. The molecule has 3 N–H and O–H groups in total. The third-order valence-corrected chi connectivity index (χ3v) is 9.48. The van der Waals surface area contributed by atoms with Crippen molar-refractivity contribution in [3.63, 3.8) is 0 Å². The minimum atomic E-state index is -3.93. The maximum Gasteiger partial charge on any atom is 0.266 e. The second-order valence-corrected chi connectivity index (χ2v) is 11.7. The van der Waals surface area contributed by atoms with Gasteiger partial charge in [-0.1, -0.05) is 11.6 Å². The molecule has 3 saturated heterocycles. The van der Waals surface area contributed by atoms with Gasteiger partial charge in [-0.3, -0.25) is 9.69 Å². The van der Waals surface area contributed by atoms with Crippen LogP contribution in [0.1, 0.15) is 43.1 Å². The number of carbonyl (C=O) groups excluding carboxylic acids is 1. The fraction of sp³-hybridized carbons (Fsp3) is 0.609. The van der Waals surface area contributed by atoms with Crippen LogP contribution in [-0.2, 0) is 19.5 Å². The van der Waals surface area contributed by atoms with Crippen molar-refractivity contribution in [3.8, 4) is 0 Å². The van der Waals surface area contributed by atoms with E-state index in [4.69, 9.17) is 26.8 Å². The molecule has 3 fully saturated rings. The first-order valence-electron chi connectivity index (χ1n) is 11.9. The third-order valence-electron chi connectivity index (χ3n) is 7.26. The highest BCUT2D eigenvalue weighted by Crippen LogP contribution is 2.37. The number of nitrogens with one attached hydrogen (secondary N) is 1. The Morgan fingerprint density at radius 1 is 1.26 bits per heavy atom. The van der Waals surface area contributed by atoms with E-state index in [9.17, 15) is 13.2 Å². The van der Waals surface area contributed by atoms with Crippen LogP contribution in [0.2, 0.25) is 5.02 Å². The zero-order valence-electron chi connectivity index (χ0n) is 19.2. The number of sulfonamides is 1. The maximum absolute atomic E-state index is 13.6. The van der Waals surface area contributed by atoms with Crippen LogP contribution in [0.3, 0.4) is 0 Å². The molecule has 0 radical (unpaired) electrons. The van der Waals surface area contributed by atoms with Crippen molar-refractivity contribution in [2.24, 2.45) is 11.7 Å². The molecule has 1 amide bonds. The molecule has 0 aliphatic carbocycles. The van der Waals surface area contributed by atoms with Crippen molar-refractivity contribution in [1.29, 1.82) is 0 Å². The molecule has 34 heavy (non-hydrogen) atoms. The molecule has 3 unspecified atom stereocenters. The summed E-state index contributed by atoms with van der Waals surface area (Å²) in [6.45, 7) is 5.39. The number of nitrogens with zero attached hydrogens (tertiary/aromatic N) is 2. The number of piperidine rings is 2. The van der Waals surface area contributed by atoms with E-state index >= 15 is 0 Å². The van der Waals surface area contributed by atoms with Gasteiger partial charge in [0.05, 0.1) is 0 Å². The number of amides is 1. The van der Waals surface area contributed by atoms with Crippen molar-refractivity contribution < 1.29 is 22.7 Å². The van der Waals surface area contributed by atoms with Gasteiger partial charge in [0.1, 0.15) is 16.7 Å².